The van der Waals surface area contributed by atoms with Crippen LogP contribution in [0, 0.1) is 11.8 Å². The number of nitrogens with zero attached hydrogens (tertiary/aromatic N) is 6. The van der Waals surface area contributed by atoms with E-state index in [-0.39, 0.29) is 11.5 Å². The molecule has 0 unspecified atom stereocenters. The van der Waals surface area contributed by atoms with E-state index in [9.17, 15) is 4.79 Å². The molecule has 2 aliphatic rings. The van der Waals surface area contributed by atoms with Gasteiger partial charge in [0.25, 0.3) is 0 Å². The lowest BCUT2D eigenvalue weighted by molar-refractivity contribution is -0.137. The Morgan fingerprint density at radius 2 is 1.81 bits per heavy atom. The van der Waals surface area contributed by atoms with Gasteiger partial charge in [0.2, 0.25) is 5.91 Å². The van der Waals surface area contributed by atoms with Gasteiger partial charge in [-0.2, -0.15) is 0 Å². The molecule has 2 fully saturated rings. The fourth-order valence-corrected chi connectivity index (χ4v) is 6.67. The van der Waals surface area contributed by atoms with Gasteiger partial charge in [0.05, 0.1) is 18.6 Å². The number of rotatable bonds is 11. The molecule has 0 atom stereocenters. The normalized spacial score (nSPS) is 19.8. The smallest absolute Gasteiger partial charge is 0.225 e. The van der Waals surface area contributed by atoms with Crippen LogP contribution in [-0.4, -0.2) is 95.4 Å². The summed E-state index contributed by atoms with van der Waals surface area (Å²) in [5.74, 6) is 3.00. The molecule has 1 amide bonds. The number of fused-ring (bicyclic) bond motifs is 1. The number of hydrogen-bond donors (Lipinski definition) is 0. The maximum absolute atomic E-state index is 13.5. The second-order valence-electron chi connectivity index (χ2n) is 13.1. The van der Waals surface area contributed by atoms with Crippen LogP contribution in [-0.2, 0) is 16.1 Å². The molecule has 3 aromatic rings. The summed E-state index contributed by atoms with van der Waals surface area (Å²) in [6.45, 7) is 16.1. The van der Waals surface area contributed by atoms with Crippen LogP contribution in [0.3, 0.4) is 0 Å². The Morgan fingerprint density at radius 3 is 2.51 bits per heavy atom. The first-order chi connectivity index (χ1) is 20.8. The van der Waals surface area contributed by atoms with Crippen molar-refractivity contribution in [2.45, 2.75) is 65.5 Å². The maximum atomic E-state index is 13.5. The Morgan fingerprint density at radius 1 is 1.05 bits per heavy atom. The zero-order valence-electron chi connectivity index (χ0n) is 26.8. The van der Waals surface area contributed by atoms with Gasteiger partial charge in [-0.05, 0) is 83.1 Å². The molecule has 234 valence electrons. The Bertz CT molecular complexity index is 1340. The van der Waals surface area contributed by atoms with Gasteiger partial charge in [0, 0.05) is 70.6 Å². The predicted octanol–water partition coefficient (Wildman–Crippen LogP) is 5.08. The fraction of sp³-hybridized carbons (Fsp3) is 0.618. The van der Waals surface area contributed by atoms with Gasteiger partial charge >= 0.3 is 0 Å². The first-order valence-corrected chi connectivity index (χ1v) is 16.1. The van der Waals surface area contributed by atoms with E-state index in [0.717, 1.165) is 94.2 Å². The molecule has 1 aliphatic carbocycles. The monoisotopic (exact) mass is 590 g/mol. The van der Waals surface area contributed by atoms with E-state index in [1.54, 1.807) is 13.4 Å². The van der Waals surface area contributed by atoms with E-state index < -0.39 is 0 Å². The van der Waals surface area contributed by atoms with Crippen molar-refractivity contribution in [1.29, 1.82) is 0 Å². The highest BCUT2D eigenvalue weighted by Gasteiger charge is 2.33. The quantitative estimate of drug-likeness (QED) is 0.308. The number of ether oxygens (including phenoxy) is 2. The molecule has 9 heteroatoms. The summed E-state index contributed by atoms with van der Waals surface area (Å²) in [5.41, 5.74) is 2.22. The molecule has 0 radical (unpaired) electrons. The van der Waals surface area contributed by atoms with Crippen LogP contribution in [0.5, 0.6) is 5.75 Å². The number of amides is 1. The molecule has 3 heterocycles. The summed E-state index contributed by atoms with van der Waals surface area (Å²) in [7, 11) is 1.77. The molecule has 1 saturated carbocycles. The standard InChI is InChI=1S/C34H50N6O3/c1-6-43-29-9-7-8-27(22-29)23-39-15-14-30-31(35-25-36-32(30)39)37-16-18-38(19-17-37)33(41)28-12-10-26(11-13-28)24-40(20-21-42-5)34(2,3)4/h7-9,14-15,22,25-26,28H,6,10-13,16-21,23-24H2,1-5H3/t26-,28-. The number of methoxy groups -OCH3 is 1. The molecule has 2 aromatic heterocycles. The number of hydrogen-bond acceptors (Lipinski definition) is 7. The summed E-state index contributed by atoms with van der Waals surface area (Å²) in [4.78, 5) is 29.8. The molecule has 1 saturated heterocycles. The molecule has 9 nitrogen and oxygen atoms in total. The molecule has 43 heavy (non-hydrogen) atoms. The highest BCUT2D eigenvalue weighted by atomic mass is 16.5. The number of anilines is 1. The van der Waals surface area contributed by atoms with Crippen molar-refractivity contribution in [2.24, 2.45) is 11.8 Å². The van der Waals surface area contributed by atoms with Crippen molar-refractivity contribution >= 4 is 22.8 Å². The van der Waals surface area contributed by atoms with Gasteiger partial charge in [-0.15, -0.1) is 0 Å². The van der Waals surface area contributed by atoms with Crippen LogP contribution < -0.4 is 9.64 Å². The predicted molar refractivity (Wildman–Crippen MR) is 172 cm³/mol. The van der Waals surface area contributed by atoms with Crippen molar-refractivity contribution < 1.29 is 14.3 Å². The average Bonchev–Trinajstić information content (AvgIpc) is 3.42. The molecule has 0 spiro atoms. The van der Waals surface area contributed by atoms with Crippen LogP contribution in [0.25, 0.3) is 11.0 Å². The third kappa shape index (κ3) is 7.68. The van der Waals surface area contributed by atoms with Gasteiger partial charge in [0.15, 0.2) is 0 Å². The van der Waals surface area contributed by atoms with E-state index in [0.29, 0.717) is 25.0 Å². The van der Waals surface area contributed by atoms with Crippen LogP contribution in [0.4, 0.5) is 5.82 Å². The SMILES string of the molecule is CCOc1cccc(Cn2ccc3c(N4CCN(C(=O)[C@H]5CC[C@H](CN(CCOC)C(C)(C)C)CC5)CC4)ncnc32)c1. The lowest BCUT2D eigenvalue weighted by Crippen LogP contribution is -2.51. The lowest BCUT2D eigenvalue weighted by atomic mass is 9.80. The Labute approximate surface area is 257 Å². The Kier molecular flexibility index (Phi) is 10.2. The summed E-state index contributed by atoms with van der Waals surface area (Å²) in [6, 6.07) is 10.3. The number of aromatic nitrogens is 3. The minimum atomic E-state index is 0.123. The van der Waals surface area contributed by atoms with Gasteiger partial charge in [-0.3, -0.25) is 9.69 Å². The highest BCUT2D eigenvalue weighted by molar-refractivity contribution is 5.88. The van der Waals surface area contributed by atoms with E-state index >= 15 is 0 Å². The van der Waals surface area contributed by atoms with Gasteiger partial charge < -0.3 is 23.8 Å². The number of benzene rings is 1. The minimum absolute atomic E-state index is 0.123. The molecular weight excluding hydrogens is 540 g/mol. The maximum Gasteiger partial charge on any atom is 0.225 e. The minimum Gasteiger partial charge on any atom is -0.494 e. The fourth-order valence-electron chi connectivity index (χ4n) is 6.67. The first-order valence-electron chi connectivity index (χ1n) is 16.1. The zero-order valence-corrected chi connectivity index (χ0v) is 26.8. The third-order valence-corrected chi connectivity index (χ3v) is 9.18. The number of carbonyl (C=O) groups is 1. The third-order valence-electron chi connectivity index (χ3n) is 9.18. The Balaban J connectivity index is 1.15. The highest BCUT2D eigenvalue weighted by Crippen LogP contribution is 2.33. The molecular formula is C34H50N6O3. The van der Waals surface area contributed by atoms with Crippen LogP contribution >= 0.6 is 0 Å². The van der Waals surface area contributed by atoms with Crippen LogP contribution in [0.1, 0.15) is 58.9 Å². The van der Waals surface area contributed by atoms with Crippen molar-refractivity contribution in [1.82, 2.24) is 24.3 Å². The molecule has 1 aliphatic heterocycles. The zero-order chi connectivity index (χ0) is 30.4. The Hall–Kier alpha value is -3.17. The van der Waals surface area contributed by atoms with E-state index in [4.69, 9.17) is 9.47 Å². The van der Waals surface area contributed by atoms with Crippen molar-refractivity contribution in [2.75, 3.05) is 64.5 Å². The summed E-state index contributed by atoms with van der Waals surface area (Å²) in [6.07, 6.45) is 8.00. The lowest BCUT2D eigenvalue weighted by Gasteiger charge is -2.41. The van der Waals surface area contributed by atoms with Gasteiger partial charge in [-0.25, -0.2) is 9.97 Å². The molecule has 1 aromatic carbocycles. The summed E-state index contributed by atoms with van der Waals surface area (Å²) < 4.78 is 13.2. The largest absolute Gasteiger partial charge is 0.494 e. The first kappa shape index (κ1) is 31.3. The second-order valence-corrected chi connectivity index (χ2v) is 13.1. The summed E-state index contributed by atoms with van der Waals surface area (Å²) in [5, 5.41) is 1.05. The van der Waals surface area contributed by atoms with Gasteiger partial charge in [-0.1, -0.05) is 12.1 Å². The van der Waals surface area contributed by atoms with E-state index in [1.165, 1.54) is 5.56 Å². The van der Waals surface area contributed by atoms with Crippen LogP contribution in [0.2, 0.25) is 0 Å². The average molecular weight is 591 g/mol. The summed E-state index contributed by atoms with van der Waals surface area (Å²) >= 11 is 0. The van der Waals surface area contributed by atoms with Crippen molar-refractivity contribution in [3.63, 3.8) is 0 Å². The second kappa shape index (κ2) is 14.1. The van der Waals surface area contributed by atoms with Crippen molar-refractivity contribution in [3.8, 4) is 5.75 Å². The van der Waals surface area contributed by atoms with E-state index in [1.807, 2.05) is 19.1 Å². The van der Waals surface area contributed by atoms with E-state index in [2.05, 4.69) is 74.4 Å². The van der Waals surface area contributed by atoms with Crippen LogP contribution in [0.15, 0.2) is 42.9 Å². The topological polar surface area (TPSA) is 76.0 Å². The van der Waals surface area contributed by atoms with Gasteiger partial charge in [0.1, 0.15) is 23.5 Å². The molecule has 5 rings (SSSR count). The number of piperazine rings is 1. The number of carbonyl (C=O) groups excluding carboxylic acids is 1. The van der Waals surface area contributed by atoms with Crippen molar-refractivity contribution in [3.05, 3.63) is 48.4 Å². The molecule has 0 bridgehead atoms. The molecule has 0 N–H and O–H groups in total.